The SMILES string of the molecule is CC.CCc1cc(C(=O)NCc2ccc(C)cc2OCC(=O)NC)cc(N(CC(=O)NC)SC)c1. The van der Waals surface area contributed by atoms with Gasteiger partial charge in [0.2, 0.25) is 5.91 Å². The molecule has 9 heteroatoms. The molecule has 0 aliphatic heterocycles. The quantitative estimate of drug-likeness (QED) is 0.407. The third-order valence-electron chi connectivity index (χ3n) is 5.02. The number of hydrogen-bond acceptors (Lipinski definition) is 6. The van der Waals surface area contributed by atoms with Crippen LogP contribution >= 0.6 is 11.9 Å². The highest BCUT2D eigenvalue weighted by Crippen LogP contribution is 2.25. The van der Waals surface area contributed by atoms with Gasteiger partial charge in [-0.05, 0) is 48.7 Å². The normalized spacial score (nSPS) is 9.91. The van der Waals surface area contributed by atoms with Crippen molar-refractivity contribution in [1.82, 2.24) is 16.0 Å². The first kappa shape index (κ1) is 29.8. The fourth-order valence-electron chi connectivity index (χ4n) is 3.06. The van der Waals surface area contributed by atoms with Crippen molar-refractivity contribution in [2.24, 2.45) is 0 Å². The Bertz CT molecular complexity index is 997. The van der Waals surface area contributed by atoms with Gasteiger partial charge in [0.1, 0.15) is 12.3 Å². The van der Waals surface area contributed by atoms with Crippen molar-refractivity contribution in [2.45, 2.75) is 40.7 Å². The molecule has 0 radical (unpaired) electrons. The molecule has 0 saturated heterocycles. The van der Waals surface area contributed by atoms with Crippen LogP contribution in [0, 0.1) is 6.92 Å². The summed E-state index contributed by atoms with van der Waals surface area (Å²) in [4.78, 5) is 36.4. The van der Waals surface area contributed by atoms with Gasteiger partial charge in [-0.25, -0.2) is 0 Å². The van der Waals surface area contributed by atoms with Gasteiger partial charge < -0.3 is 25.0 Å². The lowest BCUT2D eigenvalue weighted by Crippen LogP contribution is -2.31. The van der Waals surface area contributed by atoms with E-state index in [2.05, 4.69) is 16.0 Å². The van der Waals surface area contributed by atoms with Crippen LogP contribution in [0.25, 0.3) is 0 Å². The van der Waals surface area contributed by atoms with Crippen molar-refractivity contribution in [2.75, 3.05) is 37.8 Å². The maximum atomic E-state index is 13.0. The zero-order valence-corrected chi connectivity index (χ0v) is 22.6. The third kappa shape index (κ3) is 9.52. The molecule has 3 amide bonds. The summed E-state index contributed by atoms with van der Waals surface area (Å²) in [5, 5.41) is 8.09. The molecule has 0 spiro atoms. The summed E-state index contributed by atoms with van der Waals surface area (Å²) in [5.41, 5.74) is 4.07. The highest BCUT2D eigenvalue weighted by molar-refractivity contribution is 8.00. The number of anilines is 1. The number of aryl methyl sites for hydroxylation is 2. The van der Waals surface area contributed by atoms with Crippen molar-refractivity contribution >= 4 is 35.4 Å². The topological polar surface area (TPSA) is 99.8 Å². The lowest BCUT2D eigenvalue weighted by molar-refractivity contribution is -0.122. The standard InChI is InChI=1S/C24H32N4O4S.C2H6/c1-6-17-10-19(12-20(11-17)28(33-5)14-22(29)25-3)24(31)27-13-18-8-7-16(2)9-21(18)32-15-23(30)26-4;1-2/h7-12H,6,13-15H2,1-5H3,(H,25,29)(H,26,30)(H,27,31);1-2H3. The van der Waals surface area contributed by atoms with E-state index in [1.165, 1.54) is 11.9 Å². The Morgan fingerprint density at radius 1 is 1.00 bits per heavy atom. The second kappa shape index (κ2) is 15.7. The van der Waals surface area contributed by atoms with E-state index in [1.807, 2.05) is 68.6 Å². The third-order valence-corrected chi connectivity index (χ3v) is 5.80. The molecule has 3 N–H and O–H groups in total. The lowest BCUT2D eigenvalue weighted by atomic mass is 10.1. The Morgan fingerprint density at radius 2 is 1.69 bits per heavy atom. The van der Waals surface area contributed by atoms with Crippen LogP contribution in [0.15, 0.2) is 36.4 Å². The summed E-state index contributed by atoms with van der Waals surface area (Å²) >= 11 is 1.42. The smallest absolute Gasteiger partial charge is 0.257 e. The summed E-state index contributed by atoms with van der Waals surface area (Å²) < 4.78 is 7.49. The number of carbonyl (C=O) groups excluding carboxylic acids is 3. The Balaban J connectivity index is 0.00000298. The monoisotopic (exact) mass is 502 g/mol. The van der Waals surface area contributed by atoms with Crippen LogP contribution in [-0.2, 0) is 22.6 Å². The van der Waals surface area contributed by atoms with E-state index >= 15 is 0 Å². The molecule has 2 aromatic rings. The number of nitrogens with zero attached hydrogens (tertiary/aromatic N) is 1. The summed E-state index contributed by atoms with van der Waals surface area (Å²) in [6, 6.07) is 11.3. The van der Waals surface area contributed by atoms with Gasteiger partial charge in [-0.3, -0.25) is 14.4 Å². The van der Waals surface area contributed by atoms with Crippen LogP contribution in [-0.4, -0.2) is 51.2 Å². The minimum atomic E-state index is -0.231. The maximum Gasteiger partial charge on any atom is 0.257 e. The van der Waals surface area contributed by atoms with Crippen molar-refractivity contribution in [3.8, 4) is 5.75 Å². The Morgan fingerprint density at radius 3 is 2.29 bits per heavy atom. The molecule has 0 aliphatic carbocycles. The molecule has 192 valence electrons. The molecule has 35 heavy (non-hydrogen) atoms. The van der Waals surface area contributed by atoms with E-state index < -0.39 is 0 Å². The second-order valence-electron chi connectivity index (χ2n) is 7.39. The lowest BCUT2D eigenvalue weighted by Gasteiger charge is -2.22. The van der Waals surface area contributed by atoms with Crippen LogP contribution in [0.3, 0.4) is 0 Å². The fourth-order valence-corrected chi connectivity index (χ4v) is 3.62. The van der Waals surface area contributed by atoms with Gasteiger partial charge in [0.25, 0.3) is 11.8 Å². The number of hydrogen-bond donors (Lipinski definition) is 3. The van der Waals surface area contributed by atoms with Crippen molar-refractivity contribution < 1.29 is 19.1 Å². The predicted octanol–water partition coefficient (Wildman–Crippen LogP) is 3.47. The molecule has 0 unspecified atom stereocenters. The van der Waals surface area contributed by atoms with E-state index in [9.17, 15) is 14.4 Å². The molecule has 0 atom stereocenters. The maximum absolute atomic E-state index is 13.0. The average molecular weight is 503 g/mol. The largest absolute Gasteiger partial charge is 0.483 e. The average Bonchev–Trinajstić information content (AvgIpc) is 2.89. The molecule has 0 aliphatic rings. The predicted molar refractivity (Wildman–Crippen MR) is 144 cm³/mol. The number of likely N-dealkylation sites (N-methyl/N-ethyl adjacent to an activating group) is 2. The molecule has 2 aromatic carbocycles. The van der Waals surface area contributed by atoms with Gasteiger partial charge in [-0.15, -0.1) is 0 Å². The van der Waals surface area contributed by atoms with Gasteiger partial charge in [-0.2, -0.15) is 0 Å². The molecule has 0 saturated carbocycles. The Kier molecular flexibility index (Phi) is 13.3. The molecule has 0 aromatic heterocycles. The molecule has 8 nitrogen and oxygen atoms in total. The second-order valence-corrected chi connectivity index (χ2v) is 8.20. The first-order chi connectivity index (χ1) is 16.8. The van der Waals surface area contributed by atoms with Crippen molar-refractivity contribution in [3.63, 3.8) is 0 Å². The minimum absolute atomic E-state index is 0.0986. The van der Waals surface area contributed by atoms with Gasteiger partial charge in [0, 0.05) is 43.7 Å². The first-order valence-electron chi connectivity index (χ1n) is 11.7. The molecular weight excluding hydrogens is 464 g/mol. The van der Waals surface area contributed by atoms with E-state index in [1.54, 1.807) is 20.2 Å². The molecular formula is C26H38N4O4S. The number of nitrogens with one attached hydrogen (secondary N) is 3. The van der Waals surface area contributed by atoms with E-state index in [-0.39, 0.29) is 37.4 Å². The minimum Gasteiger partial charge on any atom is -0.483 e. The van der Waals surface area contributed by atoms with Crippen molar-refractivity contribution in [1.29, 1.82) is 0 Å². The van der Waals surface area contributed by atoms with Gasteiger partial charge in [0.15, 0.2) is 6.61 Å². The summed E-state index contributed by atoms with van der Waals surface area (Å²) in [7, 11) is 3.15. The zero-order valence-electron chi connectivity index (χ0n) is 21.8. The van der Waals surface area contributed by atoms with Crippen LogP contribution in [0.4, 0.5) is 5.69 Å². The summed E-state index contributed by atoms with van der Waals surface area (Å²) in [5.74, 6) is -0.0159. The van der Waals surface area contributed by atoms with Gasteiger partial charge in [0.05, 0.1) is 0 Å². The number of carbonyl (C=O) groups is 3. The summed E-state index contributed by atoms with van der Waals surface area (Å²) in [6.45, 7) is 8.28. The summed E-state index contributed by atoms with van der Waals surface area (Å²) in [6.07, 6.45) is 2.64. The number of amides is 3. The van der Waals surface area contributed by atoms with E-state index in [0.717, 1.165) is 28.8 Å². The van der Waals surface area contributed by atoms with Crippen LogP contribution in [0.1, 0.15) is 47.8 Å². The first-order valence-corrected chi connectivity index (χ1v) is 12.9. The highest BCUT2D eigenvalue weighted by Gasteiger charge is 2.15. The van der Waals surface area contributed by atoms with Crippen LogP contribution in [0.5, 0.6) is 5.75 Å². The Hall–Kier alpha value is -3.20. The fraction of sp³-hybridized carbons (Fsp3) is 0.423. The number of ether oxygens (including phenoxy) is 1. The van der Waals surface area contributed by atoms with Crippen molar-refractivity contribution in [3.05, 3.63) is 58.7 Å². The van der Waals surface area contributed by atoms with Crippen LogP contribution < -0.4 is 25.0 Å². The number of benzene rings is 2. The van der Waals surface area contributed by atoms with E-state index in [0.29, 0.717) is 11.3 Å². The molecule has 0 bridgehead atoms. The van der Waals surface area contributed by atoms with E-state index in [4.69, 9.17) is 4.74 Å². The molecule has 0 fully saturated rings. The van der Waals surface area contributed by atoms with Gasteiger partial charge in [-0.1, -0.05) is 44.9 Å². The number of rotatable bonds is 11. The zero-order chi connectivity index (χ0) is 26.4. The van der Waals surface area contributed by atoms with Gasteiger partial charge >= 0.3 is 0 Å². The molecule has 2 rings (SSSR count). The van der Waals surface area contributed by atoms with Crippen LogP contribution in [0.2, 0.25) is 0 Å². The Labute approximate surface area is 213 Å². The molecule has 0 heterocycles. The highest BCUT2D eigenvalue weighted by atomic mass is 32.2.